The largest absolute Gasteiger partial charge is 0.325 e. The predicted octanol–water partition coefficient (Wildman–Crippen LogP) is 5.30. The van der Waals surface area contributed by atoms with Crippen LogP contribution in [0, 0.1) is 0 Å². The molecule has 0 unspecified atom stereocenters. The summed E-state index contributed by atoms with van der Waals surface area (Å²) < 4.78 is 1.86. The quantitative estimate of drug-likeness (QED) is 0.287. The molecule has 0 aliphatic heterocycles. The maximum atomic E-state index is 12.8. The second kappa shape index (κ2) is 9.97. The number of hydrogen-bond acceptors (Lipinski definition) is 6. The van der Waals surface area contributed by atoms with Crippen molar-refractivity contribution >= 4 is 40.7 Å². The Morgan fingerprint density at radius 2 is 1.85 bits per heavy atom. The third-order valence-electron chi connectivity index (χ3n) is 4.83. The fourth-order valence-corrected chi connectivity index (χ4v) is 4.17. The van der Waals surface area contributed by atoms with Gasteiger partial charge in [0.25, 0.3) is 0 Å². The van der Waals surface area contributed by atoms with Crippen molar-refractivity contribution in [2.24, 2.45) is 0 Å². The molecule has 0 aliphatic carbocycles. The molecule has 0 radical (unpaired) electrons. The van der Waals surface area contributed by atoms with Gasteiger partial charge >= 0.3 is 0 Å². The van der Waals surface area contributed by atoms with E-state index in [1.54, 1.807) is 49.6 Å². The number of hydrogen-bond donors (Lipinski definition) is 1. The van der Waals surface area contributed by atoms with Gasteiger partial charge in [0.05, 0.1) is 10.9 Å². The summed E-state index contributed by atoms with van der Waals surface area (Å²) in [5.74, 6) is 0.376. The molecule has 0 bridgehead atoms. The van der Waals surface area contributed by atoms with Gasteiger partial charge in [0.1, 0.15) is 0 Å². The van der Waals surface area contributed by atoms with Gasteiger partial charge in [-0.1, -0.05) is 29.4 Å². The first-order valence-electron chi connectivity index (χ1n) is 10.1. The number of nitrogens with zero attached hydrogens (tertiary/aromatic N) is 4. The number of pyridine rings is 1. The molecule has 7 nitrogen and oxygen atoms in total. The molecule has 9 heteroatoms. The van der Waals surface area contributed by atoms with Crippen LogP contribution in [-0.4, -0.2) is 36.7 Å². The standard InChI is InChI=1S/C24H20ClN5O2S/c1-15(31)17-8-10-20(11-9-17)27-23(32)16(2)33-24-29-28-22(18-5-4-12-26-14-18)30(24)21-7-3-6-19(25)13-21/h3-14,16H,1-2H3,(H,27,32)/t16-/m1/s1. The molecule has 1 atom stereocenters. The Hall–Kier alpha value is -3.49. The van der Waals surface area contributed by atoms with E-state index in [1.807, 2.05) is 34.9 Å². The molecule has 33 heavy (non-hydrogen) atoms. The molecule has 4 rings (SSSR count). The molecule has 4 aromatic rings. The number of rotatable bonds is 7. The van der Waals surface area contributed by atoms with Gasteiger partial charge in [-0.15, -0.1) is 10.2 Å². The van der Waals surface area contributed by atoms with E-state index >= 15 is 0 Å². The third kappa shape index (κ3) is 5.30. The summed E-state index contributed by atoms with van der Waals surface area (Å²) in [4.78, 5) is 28.5. The van der Waals surface area contributed by atoms with Crippen LogP contribution >= 0.6 is 23.4 Å². The molecule has 0 saturated heterocycles. The van der Waals surface area contributed by atoms with Crippen LogP contribution in [0.3, 0.4) is 0 Å². The van der Waals surface area contributed by atoms with E-state index in [1.165, 1.54) is 18.7 Å². The number of anilines is 1. The minimum Gasteiger partial charge on any atom is -0.325 e. The van der Waals surface area contributed by atoms with Crippen LogP contribution in [-0.2, 0) is 4.79 Å². The second-order valence-electron chi connectivity index (χ2n) is 7.25. The zero-order chi connectivity index (χ0) is 23.4. The van der Waals surface area contributed by atoms with Gasteiger partial charge in [0.15, 0.2) is 16.8 Å². The first-order valence-corrected chi connectivity index (χ1v) is 11.4. The van der Waals surface area contributed by atoms with Gasteiger partial charge in [0.2, 0.25) is 5.91 Å². The number of thioether (sulfide) groups is 1. The van der Waals surface area contributed by atoms with E-state index in [2.05, 4.69) is 20.5 Å². The zero-order valence-electron chi connectivity index (χ0n) is 17.9. The van der Waals surface area contributed by atoms with E-state index in [0.717, 1.165) is 11.3 Å². The smallest absolute Gasteiger partial charge is 0.237 e. The third-order valence-corrected chi connectivity index (χ3v) is 6.11. The Kier molecular flexibility index (Phi) is 6.86. The molecule has 1 N–H and O–H groups in total. The number of carbonyl (C=O) groups excluding carboxylic acids is 2. The van der Waals surface area contributed by atoms with Gasteiger partial charge in [-0.25, -0.2) is 0 Å². The van der Waals surface area contributed by atoms with Crippen LogP contribution in [0.4, 0.5) is 5.69 Å². The van der Waals surface area contributed by atoms with E-state index in [4.69, 9.17) is 11.6 Å². The minimum absolute atomic E-state index is 0.0263. The summed E-state index contributed by atoms with van der Waals surface area (Å²) >= 11 is 7.51. The molecule has 2 aromatic carbocycles. The first-order chi connectivity index (χ1) is 15.9. The van der Waals surface area contributed by atoms with E-state index < -0.39 is 5.25 Å². The topological polar surface area (TPSA) is 89.8 Å². The molecule has 0 aliphatic rings. The maximum absolute atomic E-state index is 12.8. The number of benzene rings is 2. The second-order valence-corrected chi connectivity index (χ2v) is 8.99. The van der Waals surface area contributed by atoms with E-state index in [9.17, 15) is 9.59 Å². The van der Waals surface area contributed by atoms with Crippen molar-refractivity contribution in [3.05, 3.63) is 83.6 Å². The molecule has 0 saturated carbocycles. The molecular formula is C24H20ClN5O2S. The van der Waals surface area contributed by atoms with Crippen LogP contribution in [0.5, 0.6) is 0 Å². The van der Waals surface area contributed by atoms with Gasteiger partial charge in [-0.2, -0.15) is 0 Å². The SMILES string of the molecule is CC(=O)c1ccc(NC(=O)[C@@H](C)Sc2nnc(-c3cccnc3)n2-c2cccc(Cl)c2)cc1. The van der Waals surface area contributed by atoms with Crippen molar-refractivity contribution < 1.29 is 9.59 Å². The highest BCUT2D eigenvalue weighted by molar-refractivity contribution is 8.00. The Morgan fingerprint density at radius 3 is 2.52 bits per heavy atom. The Labute approximate surface area is 200 Å². The Balaban J connectivity index is 1.60. The summed E-state index contributed by atoms with van der Waals surface area (Å²) in [7, 11) is 0. The van der Waals surface area contributed by atoms with Gasteiger partial charge in [-0.05, 0) is 68.4 Å². The van der Waals surface area contributed by atoms with Crippen LogP contribution in [0.25, 0.3) is 17.1 Å². The fraction of sp³-hybridized carbons (Fsp3) is 0.125. The molecule has 2 aromatic heterocycles. The summed E-state index contributed by atoms with van der Waals surface area (Å²) in [6.07, 6.45) is 3.40. The highest BCUT2D eigenvalue weighted by Gasteiger charge is 2.22. The number of nitrogens with one attached hydrogen (secondary N) is 1. The highest BCUT2D eigenvalue weighted by atomic mass is 35.5. The lowest BCUT2D eigenvalue weighted by molar-refractivity contribution is -0.115. The summed E-state index contributed by atoms with van der Waals surface area (Å²) in [5, 5.41) is 12.2. The van der Waals surface area contributed by atoms with Gasteiger partial charge in [-0.3, -0.25) is 19.1 Å². The minimum atomic E-state index is -0.471. The van der Waals surface area contributed by atoms with Crippen LogP contribution in [0.1, 0.15) is 24.2 Å². The number of Topliss-reactive ketones (excluding diaryl/α,β-unsaturated/α-hetero) is 1. The lowest BCUT2D eigenvalue weighted by atomic mass is 10.1. The average Bonchev–Trinajstić information content (AvgIpc) is 3.23. The van der Waals surface area contributed by atoms with Crippen molar-refractivity contribution in [3.8, 4) is 17.1 Å². The van der Waals surface area contributed by atoms with Crippen LogP contribution < -0.4 is 5.32 Å². The first kappa shape index (κ1) is 22.7. The maximum Gasteiger partial charge on any atom is 0.237 e. The predicted molar refractivity (Wildman–Crippen MR) is 130 cm³/mol. The molecule has 0 spiro atoms. The summed E-state index contributed by atoms with van der Waals surface area (Å²) in [6.45, 7) is 3.30. The van der Waals surface area contributed by atoms with Gasteiger partial charge < -0.3 is 5.32 Å². The fourth-order valence-electron chi connectivity index (χ4n) is 3.12. The van der Waals surface area contributed by atoms with Crippen molar-refractivity contribution in [1.29, 1.82) is 0 Å². The van der Waals surface area contributed by atoms with Crippen molar-refractivity contribution in [2.45, 2.75) is 24.3 Å². The number of amides is 1. The van der Waals surface area contributed by atoms with Crippen LogP contribution in [0.15, 0.2) is 78.2 Å². The van der Waals surface area contributed by atoms with Gasteiger partial charge in [0, 0.05) is 34.2 Å². The van der Waals surface area contributed by atoms with Crippen LogP contribution in [0.2, 0.25) is 5.02 Å². The molecular weight excluding hydrogens is 458 g/mol. The van der Waals surface area contributed by atoms with Crippen molar-refractivity contribution in [3.63, 3.8) is 0 Å². The highest BCUT2D eigenvalue weighted by Crippen LogP contribution is 2.31. The average molecular weight is 478 g/mol. The monoisotopic (exact) mass is 477 g/mol. The number of carbonyl (C=O) groups is 2. The molecule has 166 valence electrons. The number of ketones is 1. The Bertz CT molecular complexity index is 1290. The van der Waals surface area contributed by atoms with Crippen molar-refractivity contribution in [1.82, 2.24) is 19.7 Å². The van der Waals surface area contributed by atoms with E-state index in [0.29, 0.717) is 27.3 Å². The molecule has 0 fully saturated rings. The van der Waals surface area contributed by atoms with Crippen molar-refractivity contribution in [2.75, 3.05) is 5.32 Å². The number of aromatic nitrogens is 4. The normalized spacial score (nSPS) is 11.7. The molecule has 1 amide bonds. The summed E-state index contributed by atoms with van der Waals surface area (Å²) in [5.41, 5.74) is 2.78. The Morgan fingerprint density at radius 1 is 1.06 bits per heavy atom. The lowest BCUT2D eigenvalue weighted by Crippen LogP contribution is -2.23. The summed E-state index contributed by atoms with van der Waals surface area (Å²) in [6, 6.07) is 17.9. The zero-order valence-corrected chi connectivity index (χ0v) is 19.5. The molecule has 2 heterocycles. The lowest BCUT2D eigenvalue weighted by Gasteiger charge is -2.14. The van der Waals surface area contributed by atoms with E-state index in [-0.39, 0.29) is 11.7 Å². The number of halogens is 1.